The van der Waals surface area contributed by atoms with Gasteiger partial charge in [-0.25, -0.2) is 0 Å². The summed E-state index contributed by atoms with van der Waals surface area (Å²) < 4.78 is 10.2. The number of hydrogen-bond donors (Lipinski definition) is 0. The molecule has 0 aromatic heterocycles. The van der Waals surface area contributed by atoms with E-state index in [9.17, 15) is 4.79 Å². The monoisotopic (exact) mass is 242 g/mol. The number of nitrogens with zero attached hydrogens (tertiary/aromatic N) is 2. The highest BCUT2D eigenvalue weighted by Gasteiger charge is 2.33. The van der Waals surface area contributed by atoms with Crippen molar-refractivity contribution in [2.24, 2.45) is 0 Å². The average molecular weight is 242 g/mol. The molecule has 0 amide bonds. The van der Waals surface area contributed by atoms with Crippen LogP contribution in [-0.2, 0) is 14.3 Å². The Bertz CT molecular complexity index is 266. The summed E-state index contributed by atoms with van der Waals surface area (Å²) in [7, 11) is 1.45. The van der Waals surface area contributed by atoms with Gasteiger partial charge in [0, 0.05) is 32.2 Å². The molecule has 2 aliphatic rings. The molecule has 0 radical (unpaired) electrons. The second kappa shape index (κ2) is 5.80. The molecule has 98 valence electrons. The van der Waals surface area contributed by atoms with Crippen molar-refractivity contribution >= 4 is 5.97 Å². The predicted molar refractivity (Wildman–Crippen MR) is 63.8 cm³/mol. The molecule has 2 atom stereocenters. The van der Waals surface area contributed by atoms with E-state index in [1.165, 1.54) is 7.11 Å². The Morgan fingerprint density at radius 2 is 2.06 bits per heavy atom. The zero-order valence-corrected chi connectivity index (χ0v) is 10.7. The van der Waals surface area contributed by atoms with Crippen LogP contribution in [-0.4, -0.2) is 74.4 Å². The number of rotatable bonds is 3. The van der Waals surface area contributed by atoms with Crippen molar-refractivity contribution in [2.75, 3.05) is 46.5 Å². The number of carbonyl (C=O) groups is 1. The molecule has 0 aromatic rings. The zero-order valence-electron chi connectivity index (χ0n) is 10.7. The molecule has 2 rings (SSSR count). The van der Waals surface area contributed by atoms with Crippen LogP contribution in [0.3, 0.4) is 0 Å². The summed E-state index contributed by atoms with van der Waals surface area (Å²) in [4.78, 5) is 16.2. The van der Waals surface area contributed by atoms with E-state index in [2.05, 4.69) is 9.80 Å². The number of carbonyl (C=O) groups excluding carboxylic acids is 1. The largest absolute Gasteiger partial charge is 0.468 e. The van der Waals surface area contributed by atoms with Crippen molar-refractivity contribution in [3.63, 3.8) is 0 Å². The van der Waals surface area contributed by atoms with Crippen LogP contribution >= 0.6 is 0 Å². The lowest BCUT2D eigenvalue weighted by atomic mass is 10.2. The van der Waals surface area contributed by atoms with Crippen molar-refractivity contribution in [2.45, 2.75) is 25.4 Å². The summed E-state index contributed by atoms with van der Waals surface area (Å²) >= 11 is 0. The highest BCUT2D eigenvalue weighted by molar-refractivity contribution is 5.75. The number of morpholine rings is 1. The van der Waals surface area contributed by atoms with Crippen LogP contribution in [0.2, 0.25) is 0 Å². The van der Waals surface area contributed by atoms with Gasteiger partial charge in [0.1, 0.15) is 6.04 Å². The van der Waals surface area contributed by atoms with Crippen LogP contribution in [0.1, 0.15) is 13.3 Å². The first-order valence-corrected chi connectivity index (χ1v) is 6.36. The lowest BCUT2D eigenvalue weighted by Gasteiger charge is -2.32. The normalized spacial score (nSPS) is 29.2. The molecule has 5 heteroatoms. The van der Waals surface area contributed by atoms with Gasteiger partial charge >= 0.3 is 5.97 Å². The van der Waals surface area contributed by atoms with Gasteiger partial charge in [0.05, 0.1) is 20.3 Å². The summed E-state index contributed by atoms with van der Waals surface area (Å²) in [6.45, 7) is 7.59. The Labute approximate surface area is 103 Å². The molecule has 2 saturated heterocycles. The molecule has 0 spiro atoms. The van der Waals surface area contributed by atoms with Gasteiger partial charge in [-0.15, -0.1) is 0 Å². The zero-order chi connectivity index (χ0) is 12.3. The van der Waals surface area contributed by atoms with Gasteiger partial charge in [-0.3, -0.25) is 14.6 Å². The SMILES string of the molecule is COC(=O)C(C)N1CCC(N2CCOCC2)C1. The number of methoxy groups -OCH3 is 1. The van der Waals surface area contributed by atoms with Gasteiger partial charge in [0.25, 0.3) is 0 Å². The second-order valence-electron chi connectivity index (χ2n) is 4.78. The molecule has 0 saturated carbocycles. The van der Waals surface area contributed by atoms with Gasteiger partial charge in [0.2, 0.25) is 0 Å². The van der Waals surface area contributed by atoms with Gasteiger partial charge in [0.15, 0.2) is 0 Å². The predicted octanol–water partition coefficient (Wildman–Crippen LogP) is -0.0456. The van der Waals surface area contributed by atoms with E-state index >= 15 is 0 Å². The number of ether oxygens (including phenoxy) is 2. The molecule has 2 heterocycles. The lowest BCUT2D eigenvalue weighted by molar-refractivity contribution is -0.146. The maximum absolute atomic E-state index is 11.5. The maximum Gasteiger partial charge on any atom is 0.322 e. The summed E-state index contributed by atoms with van der Waals surface area (Å²) in [6, 6.07) is 0.456. The summed E-state index contributed by atoms with van der Waals surface area (Å²) in [5.41, 5.74) is 0. The third-order valence-corrected chi connectivity index (χ3v) is 3.85. The van der Waals surface area contributed by atoms with E-state index in [4.69, 9.17) is 9.47 Å². The minimum absolute atomic E-state index is 0.119. The Kier molecular flexibility index (Phi) is 4.36. The topological polar surface area (TPSA) is 42.0 Å². The van der Waals surface area contributed by atoms with Crippen molar-refractivity contribution in [1.29, 1.82) is 0 Å². The molecule has 0 N–H and O–H groups in total. The van der Waals surface area contributed by atoms with Gasteiger partial charge in [-0.05, 0) is 13.3 Å². The average Bonchev–Trinajstić information content (AvgIpc) is 2.87. The number of likely N-dealkylation sites (tertiary alicyclic amines) is 1. The van der Waals surface area contributed by atoms with Crippen LogP contribution in [0.5, 0.6) is 0 Å². The Morgan fingerprint density at radius 1 is 1.35 bits per heavy atom. The molecular formula is C12H22N2O3. The van der Waals surface area contributed by atoms with Crippen LogP contribution in [0, 0.1) is 0 Å². The number of hydrogen-bond acceptors (Lipinski definition) is 5. The molecule has 2 unspecified atom stereocenters. The first-order chi connectivity index (χ1) is 8.22. The van der Waals surface area contributed by atoms with Crippen molar-refractivity contribution in [3.8, 4) is 0 Å². The molecule has 0 aromatic carbocycles. The van der Waals surface area contributed by atoms with E-state index in [0.29, 0.717) is 6.04 Å². The smallest absolute Gasteiger partial charge is 0.322 e. The van der Waals surface area contributed by atoms with Crippen molar-refractivity contribution < 1.29 is 14.3 Å². The number of esters is 1. The van der Waals surface area contributed by atoms with Gasteiger partial charge in [-0.1, -0.05) is 0 Å². The maximum atomic E-state index is 11.5. The van der Waals surface area contributed by atoms with E-state index in [1.807, 2.05) is 6.92 Å². The summed E-state index contributed by atoms with van der Waals surface area (Å²) in [5.74, 6) is -0.132. The molecule has 2 aliphatic heterocycles. The molecule has 17 heavy (non-hydrogen) atoms. The second-order valence-corrected chi connectivity index (χ2v) is 4.78. The van der Waals surface area contributed by atoms with Crippen LogP contribution < -0.4 is 0 Å². The van der Waals surface area contributed by atoms with E-state index in [1.54, 1.807) is 0 Å². The highest BCUT2D eigenvalue weighted by Crippen LogP contribution is 2.19. The van der Waals surface area contributed by atoms with Crippen LogP contribution in [0.15, 0.2) is 0 Å². The fourth-order valence-corrected chi connectivity index (χ4v) is 2.68. The Hall–Kier alpha value is -0.650. The van der Waals surface area contributed by atoms with Crippen molar-refractivity contribution in [1.82, 2.24) is 9.80 Å². The molecular weight excluding hydrogens is 220 g/mol. The third-order valence-electron chi connectivity index (χ3n) is 3.85. The quantitative estimate of drug-likeness (QED) is 0.649. The third kappa shape index (κ3) is 2.97. The Morgan fingerprint density at radius 3 is 2.71 bits per heavy atom. The van der Waals surface area contributed by atoms with E-state index in [-0.39, 0.29) is 12.0 Å². The molecule has 0 aliphatic carbocycles. The fourth-order valence-electron chi connectivity index (χ4n) is 2.68. The molecule has 5 nitrogen and oxygen atoms in total. The summed E-state index contributed by atoms with van der Waals surface area (Å²) in [6.07, 6.45) is 1.14. The van der Waals surface area contributed by atoms with Gasteiger partial charge < -0.3 is 9.47 Å². The molecule has 2 fully saturated rings. The molecule has 0 bridgehead atoms. The standard InChI is InChI=1S/C12H22N2O3/c1-10(12(15)16-2)14-4-3-11(9-14)13-5-7-17-8-6-13/h10-11H,3-9H2,1-2H3. The Balaban J connectivity index is 1.84. The summed E-state index contributed by atoms with van der Waals surface area (Å²) in [5, 5.41) is 0. The highest BCUT2D eigenvalue weighted by atomic mass is 16.5. The van der Waals surface area contributed by atoms with E-state index in [0.717, 1.165) is 45.8 Å². The minimum Gasteiger partial charge on any atom is -0.468 e. The van der Waals surface area contributed by atoms with Crippen LogP contribution in [0.25, 0.3) is 0 Å². The van der Waals surface area contributed by atoms with Crippen LogP contribution in [0.4, 0.5) is 0 Å². The van der Waals surface area contributed by atoms with E-state index < -0.39 is 0 Å². The fraction of sp³-hybridized carbons (Fsp3) is 0.917. The lowest BCUT2D eigenvalue weighted by Crippen LogP contribution is -2.46. The first kappa shape index (κ1) is 12.8. The van der Waals surface area contributed by atoms with Crippen molar-refractivity contribution in [3.05, 3.63) is 0 Å². The first-order valence-electron chi connectivity index (χ1n) is 6.36. The van der Waals surface area contributed by atoms with Gasteiger partial charge in [-0.2, -0.15) is 0 Å². The minimum atomic E-state index is -0.132.